The Morgan fingerprint density at radius 2 is 1.78 bits per heavy atom. The number of carbonyl (C=O) groups is 1. The number of ether oxygens (including phenoxy) is 2. The normalized spacial score (nSPS) is 11.5. The van der Waals surface area contributed by atoms with E-state index in [0.29, 0.717) is 22.8 Å². The molecule has 3 rings (SSSR count). The summed E-state index contributed by atoms with van der Waals surface area (Å²) in [6.07, 6.45) is 1.38. The fourth-order valence-corrected chi connectivity index (χ4v) is 2.49. The summed E-state index contributed by atoms with van der Waals surface area (Å²) in [5.74, 6) is 0.806. The standard InChI is InChI=1S/C20H20N4O3/c1-13(14-6-4-3-5-7-14)24-18-17(21)19(23-12-22-18)27-16-10-8-15(9-11-16)20(25)26-2/h3-13H,21H2,1-2H3,(H,22,23,24). The summed E-state index contributed by atoms with van der Waals surface area (Å²) in [4.78, 5) is 19.8. The average molecular weight is 364 g/mol. The van der Waals surface area contributed by atoms with Crippen molar-refractivity contribution in [3.8, 4) is 11.6 Å². The number of benzene rings is 2. The van der Waals surface area contributed by atoms with Crippen LogP contribution < -0.4 is 15.8 Å². The Labute approximate surface area is 157 Å². The average Bonchev–Trinajstić information content (AvgIpc) is 2.71. The third kappa shape index (κ3) is 4.33. The molecule has 0 saturated carbocycles. The van der Waals surface area contributed by atoms with E-state index in [2.05, 4.69) is 20.0 Å². The highest BCUT2D eigenvalue weighted by Gasteiger charge is 2.14. The Kier molecular flexibility index (Phi) is 5.51. The van der Waals surface area contributed by atoms with Gasteiger partial charge in [0.1, 0.15) is 17.8 Å². The molecule has 1 unspecified atom stereocenters. The molecule has 0 spiro atoms. The van der Waals surface area contributed by atoms with Gasteiger partial charge in [0, 0.05) is 0 Å². The van der Waals surface area contributed by atoms with Crippen molar-refractivity contribution < 1.29 is 14.3 Å². The lowest BCUT2D eigenvalue weighted by molar-refractivity contribution is 0.0600. The van der Waals surface area contributed by atoms with Crippen molar-refractivity contribution in [3.63, 3.8) is 0 Å². The summed E-state index contributed by atoms with van der Waals surface area (Å²) in [5, 5.41) is 3.27. The second-order valence-corrected chi connectivity index (χ2v) is 5.84. The molecular weight excluding hydrogens is 344 g/mol. The highest BCUT2D eigenvalue weighted by molar-refractivity contribution is 5.89. The van der Waals surface area contributed by atoms with Gasteiger partial charge in [0.2, 0.25) is 5.88 Å². The molecule has 0 aliphatic rings. The van der Waals surface area contributed by atoms with Crippen molar-refractivity contribution in [1.82, 2.24) is 9.97 Å². The van der Waals surface area contributed by atoms with Crippen LogP contribution in [0.15, 0.2) is 60.9 Å². The molecule has 7 nitrogen and oxygen atoms in total. The van der Waals surface area contributed by atoms with Crippen LogP contribution in [-0.4, -0.2) is 23.0 Å². The molecule has 0 radical (unpaired) electrons. The van der Waals surface area contributed by atoms with Crippen LogP contribution in [0.5, 0.6) is 11.6 Å². The molecule has 1 atom stereocenters. The number of hydrogen-bond acceptors (Lipinski definition) is 7. The van der Waals surface area contributed by atoms with Gasteiger partial charge in [-0.1, -0.05) is 30.3 Å². The largest absolute Gasteiger partial charge is 0.465 e. The van der Waals surface area contributed by atoms with E-state index in [4.69, 9.17) is 10.5 Å². The molecule has 7 heteroatoms. The molecule has 3 aromatic rings. The van der Waals surface area contributed by atoms with Gasteiger partial charge in [-0.15, -0.1) is 0 Å². The zero-order valence-electron chi connectivity index (χ0n) is 15.0. The van der Waals surface area contributed by atoms with Gasteiger partial charge < -0.3 is 20.5 Å². The van der Waals surface area contributed by atoms with E-state index in [1.54, 1.807) is 24.3 Å². The molecule has 0 amide bonds. The van der Waals surface area contributed by atoms with Crippen molar-refractivity contribution in [2.75, 3.05) is 18.2 Å². The highest BCUT2D eigenvalue weighted by Crippen LogP contribution is 2.31. The Morgan fingerprint density at radius 3 is 2.44 bits per heavy atom. The summed E-state index contributed by atoms with van der Waals surface area (Å²) in [7, 11) is 1.33. The number of hydrogen-bond donors (Lipinski definition) is 2. The van der Waals surface area contributed by atoms with Crippen molar-refractivity contribution in [3.05, 3.63) is 72.1 Å². The molecule has 2 aromatic carbocycles. The zero-order chi connectivity index (χ0) is 19.2. The van der Waals surface area contributed by atoms with Crippen LogP contribution in [0.1, 0.15) is 28.9 Å². The molecular formula is C20H20N4O3. The number of carbonyl (C=O) groups excluding carboxylic acids is 1. The first-order valence-electron chi connectivity index (χ1n) is 8.36. The van der Waals surface area contributed by atoms with E-state index < -0.39 is 5.97 Å². The van der Waals surface area contributed by atoms with E-state index >= 15 is 0 Å². The number of aromatic nitrogens is 2. The van der Waals surface area contributed by atoms with E-state index in [1.165, 1.54) is 13.4 Å². The molecule has 138 valence electrons. The maximum Gasteiger partial charge on any atom is 0.337 e. The summed E-state index contributed by atoms with van der Waals surface area (Å²) < 4.78 is 10.4. The first-order chi connectivity index (χ1) is 13.1. The lowest BCUT2D eigenvalue weighted by atomic mass is 10.1. The summed E-state index contributed by atoms with van der Waals surface area (Å²) in [5.41, 5.74) is 8.01. The number of nitrogens with one attached hydrogen (secondary N) is 1. The Hall–Kier alpha value is -3.61. The molecule has 0 fully saturated rings. The minimum Gasteiger partial charge on any atom is -0.465 e. The molecule has 3 N–H and O–H groups in total. The Balaban J connectivity index is 1.76. The number of nitrogens with zero attached hydrogens (tertiary/aromatic N) is 2. The zero-order valence-corrected chi connectivity index (χ0v) is 15.0. The van der Waals surface area contributed by atoms with Crippen LogP contribution in [0.3, 0.4) is 0 Å². The quantitative estimate of drug-likeness (QED) is 0.642. The topological polar surface area (TPSA) is 99.4 Å². The lowest BCUT2D eigenvalue weighted by Crippen LogP contribution is -2.11. The Morgan fingerprint density at radius 1 is 1.07 bits per heavy atom. The van der Waals surface area contributed by atoms with E-state index in [1.807, 2.05) is 37.3 Å². The fraction of sp³-hybridized carbons (Fsp3) is 0.150. The molecule has 1 heterocycles. The van der Waals surface area contributed by atoms with Crippen molar-refractivity contribution >= 4 is 17.5 Å². The minimum absolute atomic E-state index is 0.00981. The summed E-state index contributed by atoms with van der Waals surface area (Å²) in [6.45, 7) is 2.02. The van der Waals surface area contributed by atoms with Gasteiger partial charge in [0.15, 0.2) is 5.82 Å². The highest BCUT2D eigenvalue weighted by atomic mass is 16.5. The van der Waals surface area contributed by atoms with Gasteiger partial charge in [0.25, 0.3) is 0 Å². The third-order valence-electron chi connectivity index (χ3n) is 3.99. The number of nitrogens with two attached hydrogens (primary N) is 1. The molecule has 27 heavy (non-hydrogen) atoms. The fourth-order valence-electron chi connectivity index (χ4n) is 2.49. The van der Waals surface area contributed by atoms with E-state index in [0.717, 1.165) is 5.56 Å². The number of methoxy groups -OCH3 is 1. The summed E-state index contributed by atoms with van der Waals surface area (Å²) >= 11 is 0. The van der Waals surface area contributed by atoms with Gasteiger partial charge in [-0.2, -0.15) is 4.98 Å². The molecule has 0 aliphatic heterocycles. The van der Waals surface area contributed by atoms with Crippen LogP contribution in [-0.2, 0) is 4.74 Å². The number of rotatable bonds is 6. The minimum atomic E-state index is -0.413. The predicted octanol–water partition coefficient (Wildman–Crippen LogP) is 3.81. The number of nitrogen functional groups attached to an aromatic ring is 1. The molecule has 1 aromatic heterocycles. The first-order valence-corrected chi connectivity index (χ1v) is 8.36. The Bertz CT molecular complexity index is 914. The van der Waals surface area contributed by atoms with Crippen molar-refractivity contribution in [2.45, 2.75) is 13.0 Å². The predicted molar refractivity (Wildman–Crippen MR) is 103 cm³/mol. The second-order valence-electron chi connectivity index (χ2n) is 5.84. The monoisotopic (exact) mass is 364 g/mol. The lowest BCUT2D eigenvalue weighted by Gasteiger charge is -2.17. The third-order valence-corrected chi connectivity index (χ3v) is 3.99. The van der Waals surface area contributed by atoms with Crippen LogP contribution in [0, 0.1) is 0 Å². The van der Waals surface area contributed by atoms with Crippen LogP contribution in [0.4, 0.5) is 11.5 Å². The first kappa shape index (κ1) is 18.2. The van der Waals surface area contributed by atoms with Gasteiger partial charge >= 0.3 is 5.97 Å². The van der Waals surface area contributed by atoms with Crippen molar-refractivity contribution in [1.29, 1.82) is 0 Å². The molecule has 0 aliphatic carbocycles. The van der Waals surface area contributed by atoms with E-state index in [9.17, 15) is 4.79 Å². The molecule has 0 bridgehead atoms. The molecule has 0 saturated heterocycles. The van der Waals surface area contributed by atoms with Gasteiger partial charge in [-0.25, -0.2) is 9.78 Å². The SMILES string of the molecule is COC(=O)c1ccc(Oc2ncnc(NC(C)c3ccccc3)c2N)cc1. The van der Waals surface area contributed by atoms with Gasteiger partial charge in [-0.05, 0) is 36.8 Å². The van der Waals surface area contributed by atoms with Crippen LogP contribution in [0.2, 0.25) is 0 Å². The number of esters is 1. The second kappa shape index (κ2) is 8.18. The smallest absolute Gasteiger partial charge is 0.337 e. The number of anilines is 2. The summed E-state index contributed by atoms with van der Waals surface area (Å²) in [6, 6.07) is 16.5. The van der Waals surface area contributed by atoms with Gasteiger partial charge in [-0.3, -0.25) is 0 Å². The van der Waals surface area contributed by atoms with Crippen molar-refractivity contribution in [2.24, 2.45) is 0 Å². The maximum atomic E-state index is 11.5. The van der Waals surface area contributed by atoms with Gasteiger partial charge in [0.05, 0.1) is 18.7 Å². The van der Waals surface area contributed by atoms with Crippen LogP contribution >= 0.6 is 0 Å². The van der Waals surface area contributed by atoms with Crippen LogP contribution in [0.25, 0.3) is 0 Å². The maximum absolute atomic E-state index is 11.5. The van der Waals surface area contributed by atoms with E-state index in [-0.39, 0.29) is 11.9 Å².